The molecule has 1 atom stereocenters. The van der Waals surface area contributed by atoms with Crippen molar-refractivity contribution in [3.63, 3.8) is 0 Å². The number of hydrogen-bond donors (Lipinski definition) is 1. The summed E-state index contributed by atoms with van der Waals surface area (Å²) in [5, 5.41) is 0. The van der Waals surface area contributed by atoms with Crippen molar-refractivity contribution in [2.24, 2.45) is 0 Å². The molecule has 150 valence electrons. The molecular weight excluding hydrogens is 382 g/mol. The van der Waals surface area contributed by atoms with Gasteiger partial charge >= 0.3 is 5.97 Å². The first-order valence-corrected chi connectivity index (χ1v) is 9.90. The van der Waals surface area contributed by atoms with Crippen molar-refractivity contribution in [3.8, 4) is 11.5 Å². The van der Waals surface area contributed by atoms with Crippen molar-refractivity contribution < 1.29 is 27.4 Å². The minimum Gasteiger partial charge on any atom is -0.493 e. The van der Waals surface area contributed by atoms with Crippen LogP contribution in [-0.4, -0.2) is 35.7 Å². The molecule has 1 N–H and O–H groups in total. The van der Waals surface area contributed by atoms with Gasteiger partial charge in [0, 0.05) is 12.1 Å². The number of hydrogen-bond acceptors (Lipinski definition) is 6. The third kappa shape index (κ3) is 5.11. The monoisotopic (exact) mass is 405 g/mol. The third-order valence-electron chi connectivity index (χ3n) is 4.00. The smallest absolute Gasteiger partial charge is 0.330 e. The summed E-state index contributed by atoms with van der Waals surface area (Å²) in [6.07, 6.45) is 2.63. The number of rotatable bonds is 8. The fourth-order valence-electron chi connectivity index (χ4n) is 2.58. The van der Waals surface area contributed by atoms with Gasteiger partial charge in [0.2, 0.25) is 10.0 Å². The number of carbonyl (C=O) groups excluding carboxylic acids is 1. The first kappa shape index (κ1) is 21.5. The lowest BCUT2D eigenvalue weighted by Gasteiger charge is -2.18. The van der Waals surface area contributed by atoms with Crippen LogP contribution < -0.4 is 14.2 Å². The van der Waals surface area contributed by atoms with E-state index in [1.807, 2.05) is 30.3 Å². The van der Waals surface area contributed by atoms with Crippen molar-refractivity contribution >= 4 is 22.1 Å². The summed E-state index contributed by atoms with van der Waals surface area (Å²) in [4.78, 5) is 11.3. The van der Waals surface area contributed by atoms with E-state index in [1.165, 1.54) is 39.5 Å². The standard InChI is InChI=1S/C20H23NO6S/c1-14(16-8-6-5-7-9-16)21-28(23,24)18-13-15(10-11-19(22)26-3)12-17(25-2)20(18)27-4/h5-14,21H,1-4H3/b11-10+. The van der Waals surface area contributed by atoms with Gasteiger partial charge in [-0.2, -0.15) is 0 Å². The summed E-state index contributed by atoms with van der Waals surface area (Å²) in [6.45, 7) is 1.75. The Hall–Kier alpha value is -2.84. The molecule has 0 heterocycles. The molecule has 0 aliphatic rings. The van der Waals surface area contributed by atoms with Crippen molar-refractivity contribution in [1.29, 1.82) is 0 Å². The maximum atomic E-state index is 13.0. The summed E-state index contributed by atoms with van der Waals surface area (Å²) >= 11 is 0. The van der Waals surface area contributed by atoms with E-state index in [4.69, 9.17) is 9.47 Å². The van der Waals surface area contributed by atoms with E-state index in [9.17, 15) is 13.2 Å². The number of benzene rings is 2. The molecule has 2 rings (SSSR count). The molecule has 0 bridgehead atoms. The maximum absolute atomic E-state index is 13.0. The Bertz CT molecular complexity index is 954. The molecule has 0 aliphatic carbocycles. The van der Waals surface area contributed by atoms with Crippen LogP contribution in [0.3, 0.4) is 0 Å². The van der Waals surface area contributed by atoms with Crippen LogP contribution in [0.1, 0.15) is 24.1 Å². The first-order valence-electron chi connectivity index (χ1n) is 8.41. The van der Waals surface area contributed by atoms with Gasteiger partial charge in [-0.25, -0.2) is 17.9 Å². The highest BCUT2D eigenvalue weighted by atomic mass is 32.2. The SMILES string of the molecule is COC(=O)/C=C/c1cc(OC)c(OC)c(S(=O)(=O)NC(C)c2ccccc2)c1. The second-order valence-electron chi connectivity index (χ2n) is 5.86. The molecule has 28 heavy (non-hydrogen) atoms. The molecule has 0 saturated heterocycles. The highest BCUT2D eigenvalue weighted by Gasteiger charge is 2.25. The topological polar surface area (TPSA) is 90.9 Å². The number of sulfonamides is 1. The molecular formula is C20H23NO6S. The highest BCUT2D eigenvalue weighted by Crippen LogP contribution is 2.36. The molecule has 0 amide bonds. The molecule has 2 aromatic carbocycles. The fourth-order valence-corrected chi connectivity index (χ4v) is 4.03. The molecule has 0 aromatic heterocycles. The van der Waals surface area contributed by atoms with E-state index in [-0.39, 0.29) is 16.4 Å². The van der Waals surface area contributed by atoms with Crippen molar-refractivity contribution in [3.05, 3.63) is 59.7 Å². The molecule has 0 saturated carbocycles. The minimum atomic E-state index is -3.95. The lowest BCUT2D eigenvalue weighted by molar-refractivity contribution is -0.134. The molecule has 0 aliphatic heterocycles. The van der Waals surface area contributed by atoms with Crippen LogP contribution in [0, 0.1) is 0 Å². The van der Waals surface area contributed by atoms with Crippen molar-refractivity contribution in [2.75, 3.05) is 21.3 Å². The van der Waals surface area contributed by atoms with Gasteiger partial charge in [0.15, 0.2) is 11.5 Å². The van der Waals surface area contributed by atoms with Crippen molar-refractivity contribution in [2.45, 2.75) is 17.9 Å². The second kappa shape index (κ2) is 9.38. The number of esters is 1. The Morgan fingerprint density at radius 3 is 2.32 bits per heavy atom. The van der Waals surface area contributed by atoms with E-state index >= 15 is 0 Å². The molecule has 0 radical (unpaired) electrons. The van der Waals surface area contributed by atoms with Gasteiger partial charge in [-0.1, -0.05) is 30.3 Å². The van der Waals surface area contributed by atoms with Crippen molar-refractivity contribution in [1.82, 2.24) is 4.72 Å². The number of nitrogens with one attached hydrogen (secondary N) is 1. The fraction of sp³-hybridized carbons (Fsp3) is 0.250. The van der Waals surface area contributed by atoms with E-state index in [0.29, 0.717) is 5.56 Å². The summed E-state index contributed by atoms with van der Waals surface area (Å²) < 4.78 is 43.8. The molecule has 8 heteroatoms. The van der Waals surface area contributed by atoms with Crippen LogP contribution in [0.4, 0.5) is 0 Å². The van der Waals surface area contributed by atoms with E-state index in [2.05, 4.69) is 9.46 Å². The summed E-state index contributed by atoms with van der Waals surface area (Å²) in [5.74, 6) is -0.261. The van der Waals surface area contributed by atoms with Crippen LogP contribution >= 0.6 is 0 Å². The molecule has 2 aromatic rings. The zero-order chi connectivity index (χ0) is 20.7. The lowest BCUT2D eigenvalue weighted by atomic mass is 10.1. The molecule has 1 unspecified atom stereocenters. The predicted octanol–water partition coefficient (Wildman–Crippen LogP) is 2.93. The summed E-state index contributed by atoms with van der Waals surface area (Å²) in [6, 6.07) is 11.7. The maximum Gasteiger partial charge on any atom is 0.330 e. The van der Waals surface area contributed by atoms with Gasteiger partial charge in [0.25, 0.3) is 0 Å². The minimum absolute atomic E-state index is 0.0745. The first-order chi connectivity index (χ1) is 13.3. The van der Waals surface area contributed by atoms with Crippen LogP contribution in [0.2, 0.25) is 0 Å². The van der Waals surface area contributed by atoms with Crippen LogP contribution in [0.5, 0.6) is 11.5 Å². The Morgan fingerprint density at radius 2 is 1.75 bits per heavy atom. The Balaban J connectivity index is 2.48. The van der Waals surface area contributed by atoms with E-state index in [1.54, 1.807) is 13.0 Å². The molecule has 0 fully saturated rings. The largest absolute Gasteiger partial charge is 0.493 e. The van der Waals surface area contributed by atoms with Gasteiger partial charge in [0.05, 0.1) is 21.3 Å². The Morgan fingerprint density at radius 1 is 1.07 bits per heavy atom. The van der Waals surface area contributed by atoms with Gasteiger partial charge < -0.3 is 14.2 Å². The number of ether oxygens (including phenoxy) is 3. The molecule has 0 spiro atoms. The highest BCUT2D eigenvalue weighted by molar-refractivity contribution is 7.89. The lowest BCUT2D eigenvalue weighted by Crippen LogP contribution is -2.27. The van der Waals surface area contributed by atoms with Crippen LogP contribution in [0.15, 0.2) is 53.4 Å². The van der Waals surface area contributed by atoms with E-state index < -0.39 is 22.0 Å². The van der Waals surface area contributed by atoms with Crippen LogP contribution in [-0.2, 0) is 19.6 Å². The quantitative estimate of drug-likeness (QED) is 0.536. The Kier molecular flexibility index (Phi) is 7.19. The normalized spacial score (nSPS) is 12.6. The van der Waals surface area contributed by atoms with Gasteiger partial charge in [0.1, 0.15) is 4.90 Å². The van der Waals surface area contributed by atoms with Gasteiger partial charge in [-0.3, -0.25) is 0 Å². The third-order valence-corrected chi connectivity index (χ3v) is 5.55. The zero-order valence-corrected chi connectivity index (χ0v) is 16.9. The number of carbonyl (C=O) groups is 1. The average molecular weight is 405 g/mol. The zero-order valence-electron chi connectivity index (χ0n) is 16.1. The second-order valence-corrected chi connectivity index (χ2v) is 7.55. The Labute approximate surface area is 165 Å². The summed E-state index contributed by atoms with van der Waals surface area (Å²) in [7, 11) is 0.0687. The molecule has 7 nitrogen and oxygen atoms in total. The van der Waals surface area contributed by atoms with Gasteiger partial charge in [-0.15, -0.1) is 0 Å². The number of methoxy groups -OCH3 is 3. The summed E-state index contributed by atoms with van der Waals surface area (Å²) in [5.41, 5.74) is 1.26. The predicted molar refractivity (Wildman–Crippen MR) is 106 cm³/mol. The van der Waals surface area contributed by atoms with Crippen LogP contribution in [0.25, 0.3) is 6.08 Å². The average Bonchev–Trinajstić information content (AvgIpc) is 2.71. The van der Waals surface area contributed by atoms with E-state index in [0.717, 1.165) is 5.56 Å². The van der Waals surface area contributed by atoms with Gasteiger partial charge in [-0.05, 0) is 36.3 Å².